The van der Waals surface area contributed by atoms with Crippen LogP contribution in [0.15, 0.2) is 54.6 Å². The maximum Gasteiger partial charge on any atom is 0.327 e. The molecule has 5 nitrogen and oxygen atoms in total. The van der Waals surface area contributed by atoms with Crippen molar-refractivity contribution in [3.05, 3.63) is 60.2 Å². The minimum Gasteiger partial charge on any atom is -0.373 e. The Bertz CT molecular complexity index is 688. The third-order valence-electron chi connectivity index (χ3n) is 3.94. The van der Waals surface area contributed by atoms with E-state index in [0.717, 1.165) is 16.7 Å². The summed E-state index contributed by atoms with van der Waals surface area (Å²) in [5.41, 5.74) is 3.14. The molecular weight excluding hydrogens is 326 g/mol. The summed E-state index contributed by atoms with van der Waals surface area (Å²) in [6.45, 7) is 1.63. The van der Waals surface area contributed by atoms with Gasteiger partial charge in [0.1, 0.15) is 0 Å². The number of nitrogens with two attached hydrogens (primary N) is 1. The van der Waals surface area contributed by atoms with Crippen molar-refractivity contribution in [3.8, 4) is 11.1 Å². The standard InChI is InChI=1S/C18H21NO4S/c1-13(18(20)23-19)11-17(24(21)22)12-14-7-9-16(10-8-14)15-5-3-2-4-6-15/h2-10,13,17H,11-12,19H2,1H3,(H,21,22)/t13-,17?/m1/s1. The third-order valence-corrected chi connectivity index (χ3v) is 4.87. The molecule has 0 saturated heterocycles. The van der Waals surface area contributed by atoms with Crippen LogP contribution in [0.3, 0.4) is 0 Å². The zero-order valence-electron chi connectivity index (χ0n) is 13.4. The second-order valence-corrected chi connectivity index (χ2v) is 6.96. The van der Waals surface area contributed by atoms with Gasteiger partial charge in [-0.2, -0.15) is 5.90 Å². The Morgan fingerprint density at radius 3 is 2.25 bits per heavy atom. The van der Waals surface area contributed by atoms with Gasteiger partial charge in [-0.25, -0.2) is 4.21 Å². The topological polar surface area (TPSA) is 89.6 Å². The summed E-state index contributed by atoms with van der Waals surface area (Å²) in [4.78, 5) is 15.6. The van der Waals surface area contributed by atoms with Crippen LogP contribution in [-0.4, -0.2) is 20.0 Å². The molecule has 0 aromatic heterocycles. The Morgan fingerprint density at radius 2 is 1.71 bits per heavy atom. The predicted octanol–water partition coefficient (Wildman–Crippen LogP) is 2.93. The van der Waals surface area contributed by atoms with E-state index in [1.54, 1.807) is 6.92 Å². The summed E-state index contributed by atoms with van der Waals surface area (Å²) >= 11 is -2.03. The molecule has 0 heterocycles. The molecule has 0 aliphatic heterocycles. The van der Waals surface area contributed by atoms with Crippen molar-refractivity contribution in [3.63, 3.8) is 0 Å². The lowest BCUT2D eigenvalue weighted by atomic mass is 9.98. The van der Waals surface area contributed by atoms with Crippen LogP contribution in [-0.2, 0) is 27.1 Å². The molecule has 3 N–H and O–H groups in total. The highest BCUT2D eigenvalue weighted by Gasteiger charge is 2.24. The highest BCUT2D eigenvalue weighted by atomic mass is 32.2. The Morgan fingerprint density at radius 1 is 1.12 bits per heavy atom. The lowest BCUT2D eigenvalue weighted by molar-refractivity contribution is -0.148. The molecule has 2 aromatic carbocycles. The average molecular weight is 347 g/mol. The molecule has 3 atom stereocenters. The summed E-state index contributed by atoms with van der Waals surface area (Å²) in [5, 5.41) is -0.554. The lowest BCUT2D eigenvalue weighted by Crippen LogP contribution is -2.26. The average Bonchev–Trinajstić information content (AvgIpc) is 2.61. The smallest absolute Gasteiger partial charge is 0.327 e. The van der Waals surface area contributed by atoms with Crippen LogP contribution in [0.4, 0.5) is 0 Å². The Kier molecular flexibility index (Phi) is 6.66. The predicted molar refractivity (Wildman–Crippen MR) is 94.2 cm³/mol. The van der Waals surface area contributed by atoms with Gasteiger partial charge in [-0.05, 0) is 29.5 Å². The zero-order chi connectivity index (χ0) is 17.5. The van der Waals surface area contributed by atoms with Gasteiger partial charge in [-0.15, -0.1) is 0 Å². The number of carbonyl (C=O) groups is 1. The molecule has 0 bridgehead atoms. The van der Waals surface area contributed by atoms with E-state index < -0.39 is 28.2 Å². The van der Waals surface area contributed by atoms with Crippen LogP contribution < -0.4 is 5.90 Å². The molecule has 24 heavy (non-hydrogen) atoms. The molecule has 6 heteroatoms. The van der Waals surface area contributed by atoms with Gasteiger partial charge in [0, 0.05) is 0 Å². The monoisotopic (exact) mass is 347 g/mol. The second kappa shape index (κ2) is 8.73. The van der Waals surface area contributed by atoms with Crippen molar-refractivity contribution < 1.29 is 18.4 Å². The molecule has 128 valence electrons. The van der Waals surface area contributed by atoms with E-state index in [4.69, 9.17) is 5.90 Å². The van der Waals surface area contributed by atoms with Gasteiger partial charge >= 0.3 is 5.97 Å². The quantitative estimate of drug-likeness (QED) is 0.594. The van der Waals surface area contributed by atoms with E-state index in [0.29, 0.717) is 6.42 Å². The van der Waals surface area contributed by atoms with Gasteiger partial charge in [-0.3, -0.25) is 4.79 Å². The van der Waals surface area contributed by atoms with Crippen molar-refractivity contribution in [2.75, 3.05) is 0 Å². The molecule has 2 aromatic rings. The molecule has 0 fully saturated rings. The minimum absolute atomic E-state index is 0.236. The fraction of sp³-hybridized carbons (Fsp3) is 0.278. The highest BCUT2D eigenvalue weighted by Crippen LogP contribution is 2.21. The maximum absolute atomic E-state index is 11.6. The first kappa shape index (κ1) is 18.3. The van der Waals surface area contributed by atoms with Gasteiger partial charge in [0.2, 0.25) is 0 Å². The molecule has 2 rings (SSSR count). The fourth-order valence-electron chi connectivity index (χ4n) is 2.57. The van der Waals surface area contributed by atoms with Gasteiger partial charge in [-0.1, -0.05) is 61.5 Å². The summed E-state index contributed by atoms with van der Waals surface area (Å²) < 4.78 is 21.1. The number of benzene rings is 2. The van der Waals surface area contributed by atoms with E-state index in [-0.39, 0.29) is 6.42 Å². The van der Waals surface area contributed by atoms with Crippen molar-refractivity contribution in [1.29, 1.82) is 0 Å². The Balaban J connectivity index is 2.07. The highest BCUT2D eigenvalue weighted by molar-refractivity contribution is 7.79. The van der Waals surface area contributed by atoms with Crippen molar-refractivity contribution in [1.82, 2.24) is 0 Å². The first-order valence-electron chi connectivity index (χ1n) is 7.66. The minimum atomic E-state index is -2.03. The lowest BCUT2D eigenvalue weighted by Gasteiger charge is -2.16. The van der Waals surface area contributed by atoms with Crippen molar-refractivity contribution in [2.24, 2.45) is 11.8 Å². The largest absolute Gasteiger partial charge is 0.373 e. The number of rotatable bonds is 7. The molecule has 0 amide bonds. The molecule has 0 saturated carbocycles. The van der Waals surface area contributed by atoms with Crippen molar-refractivity contribution in [2.45, 2.75) is 25.0 Å². The SMILES string of the molecule is C[C@H](CC(Cc1ccc(-c2ccccc2)cc1)S(=O)O)C(=O)ON. The molecule has 0 spiro atoms. The molecule has 2 unspecified atom stereocenters. The normalized spacial score (nSPS) is 14.6. The van der Waals surface area contributed by atoms with E-state index in [2.05, 4.69) is 4.84 Å². The van der Waals surface area contributed by atoms with Gasteiger partial charge in [0.25, 0.3) is 0 Å². The van der Waals surface area contributed by atoms with Gasteiger partial charge in [0.05, 0.1) is 11.2 Å². The van der Waals surface area contributed by atoms with Gasteiger partial charge in [0.15, 0.2) is 11.1 Å². The number of carbonyl (C=O) groups excluding carboxylic acids is 1. The summed E-state index contributed by atoms with van der Waals surface area (Å²) in [7, 11) is 0. The fourth-order valence-corrected chi connectivity index (χ4v) is 3.36. The van der Waals surface area contributed by atoms with Crippen LogP contribution in [0.2, 0.25) is 0 Å². The first-order valence-corrected chi connectivity index (χ1v) is 8.83. The van der Waals surface area contributed by atoms with E-state index in [9.17, 15) is 13.6 Å². The van der Waals surface area contributed by atoms with E-state index >= 15 is 0 Å². The van der Waals surface area contributed by atoms with E-state index in [1.807, 2.05) is 54.6 Å². The molecule has 0 radical (unpaired) electrons. The summed E-state index contributed by atoms with van der Waals surface area (Å²) in [6, 6.07) is 17.8. The number of hydrogen-bond acceptors (Lipinski definition) is 4. The second-order valence-electron chi connectivity index (χ2n) is 5.74. The molecule has 0 aliphatic rings. The van der Waals surface area contributed by atoms with Crippen LogP contribution in [0.25, 0.3) is 11.1 Å². The van der Waals surface area contributed by atoms with Gasteiger partial charge < -0.3 is 9.39 Å². The van der Waals surface area contributed by atoms with Crippen LogP contribution in [0, 0.1) is 5.92 Å². The third kappa shape index (κ3) is 4.99. The Hall–Kier alpha value is -2.02. The van der Waals surface area contributed by atoms with Crippen molar-refractivity contribution >= 4 is 17.0 Å². The van der Waals surface area contributed by atoms with Crippen LogP contribution in [0.1, 0.15) is 18.9 Å². The summed E-state index contributed by atoms with van der Waals surface area (Å²) in [5.74, 6) is 3.75. The summed E-state index contributed by atoms with van der Waals surface area (Å²) in [6.07, 6.45) is 0.639. The zero-order valence-corrected chi connectivity index (χ0v) is 14.2. The maximum atomic E-state index is 11.6. The van der Waals surface area contributed by atoms with Crippen LogP contribution in [0.5, 0.6) is 0 Å². The number of hydrogen-bond donors (Lipinski definition) is 2. The molecular formula is C18H21NO4S. The van der Waals surface area contributed by atoms with E-state index in [1.165, 1.54) is 0 Å². The molecule has 0 aliphatic carbocycles. The first-order chi connectivity index (χ1) is 11.5. The Labute approximate surface area is 144 Å². The van der Waals surface area contributed by atoms with Crippen LogP contribution >= 0.6 is 0 Å².